The maximum atomic E-state index is 13.8. The largest absolute Gasteiger partial charge is 0.391 e. The number of nitrogens with zero attached hydrogens (tertiary/aromatic N) is 7. The number of hydrogen-bond acceptors (Lipinski definition) is 7. The number of aliphatic hydroxyl groups is 1. The molecule has 0 radical (unpaired) electrons. The topological polar surface area (TPSA) is 111 Å². The van der Waals surface area contributed by atoms with Crippen LogP contribution in [0.3, 0.4) is 0 Å². The van der Waals surface area contributed by atoms with E-state index in [1.54, 1.807) is 0 Å². The smallest absolute Gasteiger partial charge is 0.332 e. The average Bonchev–Trinajstić information content (AvgIpc) is 3.24. The van der Waals surface area contributed by atoms with E-state index in [-0.39, 0.29) is 24.3 Å². The molecule has 0 amide bonds. The van der Waals surface area contributed by atoms with Crippen LogP contribution < -0.4 is 16.1 Å². The Bertz CT molecular complexity index is 1730. The summed E-state index contributed by atoms with van der Waals surface area (Å²) in [5.41, 5.74) is 0.506. The number of aromatic nitrogens is 6. The molecule has 0 saturated carbocycles. The molecule has 180 valence electrons. The van der Waals surface area contributed by atoms with Crippen molar-refractivity contribution in [1.82, 2.24) is 28.7 Å². The molecule has 10 nitrogen and oxygen atoms in total. The van der Waals surface area contributed by atoms with Gasteiger partial charge in [-0.1, -0.05) is 24.1 Å². The summed E-state index contributed by atoms with van der Waals surface area (Å²) in [5, 5.41) is 11.1. The van der Waals surface area contributed by atoms with E-state index in [2.05, 4.69) is 26.8 Å². The van der Waals surface area contributed by atoms with Gasteiger partial charge in [0, 0.05) is 35.3 Å². The number of para-hydroxylation sites is 1. The second-order valence-electron chi connectivity index (χ2n) is 8.69. The van der Waals surface area contributed by atoms with Crippen molar-refractivity contribution >= 4 is 28.0 Å². The maximum absolute atomic E-state index is 13.8. The first-order chi connectivity index (χ1) is 18.0. The summed E-state index contributed by atoms with van der Waals surface area (Å²) in [6.07, 6.45) is 0.790. The first-order valence-corrected chi connectivity index (χ1v) is 11.4. The van der Waals surface area contributed by atoms with E-state index in [0.29, 0.717) is 43.2 Å². The molecule has 1 aliphatic heterocycles. The van der Waals surface area contributed by atoms with Gasteiger partial charge >= 0.3 is 5.69 Å². The monoisotopic (exact) mass is 476 g/mol. The lowest BCUT2D eigenvalue weighted by Crippen LogP contribution is -2.40. The number of anilines is 1. The van der Waals surface area contributed by atoms with Crippen LogP contribution in [-0.4, -0.2) is 53.0 Å². The van der Waals surface area contributed by atoms with Crippen molar-refractivity contribution in [2.45, 2.75) is 45.8 Å². The number of hydrogen-bond donors (Lipinski definition) is 1. The van der Waals surface area contributed by atoms with Gasteiger partial charge in [0.15, 0.2) is 11.2 Å². The van der Waals surface area contributed by atoms with Crippen molar-refractivity contribution in [3.05, 3.63) is 56.6 Å². The van der Waals surface area contributed by atoms with E-state index < -0.39 is 24.2 Å². The molecule has 10 heteroatoms. The fourth-order valence-corrected chi connectivity index (χ4v) is 4.65. The standard InChI is InChI=1S/C25H27N7O3/c1-4-5-13-31-21-22(28-24(31)30-12-8-9-17(33)14-30)29(3)25(35)32(23(21)34)15-20-26-16(2)18-10-6-7-11-19(18)27-20/h6-7,10-11,17,33H,8-9,12-15H2,1-3H3/t17-/m1/s1/i1D3. The number of aryl methyl sites for hydroxylation is 2. The van der Waals surface area contributed by atoms with Crippen LogP contribution in [0.5, 0.6) is 0 Å². The highest BCUT2D eigenvalue weighted by atomic mass is 16.3. The van der Waals surface area contributed by atoms with Crippen molar-refractivity contribution in [2.24, 2.45) is 7.05 Å². The van der Waals surface area contributed by atoms with Crippen LogP contribution >= 0.6 is 0 Å². The van der Waals surface area contributed by atoms with E-state index in [1.165, 1.54) is 16.2 Å². The highest BCUT2D eigenvalue weighted by Gasteiger charge is 2.26. The van der Waals surface area contributed by atoms with Gasteiger partial charge in [0.05, 0.1) is 24.7 Å². The third-order valence-corrected chi connectivity index (χ3v) is 6.36. The number of rotatable bonds is 4. The Morgan fingerprint density at radius 2 is 2.03 bits per heavy atom. The predicted octanol–water partition coefficient (Wildman–Crippen LogP) is 1.18. The number of fused-ring (bicyclic) bond motifs is 2. The van der Waals surface area contributed by atoms with Gasteiger partial charge < -0.3 is 10.0 Å². The van der Waals surface area contributed by atoms with E-state index in [1.807, 2.05) is 36.1 Å². The first kappa shape index (κ1) is 19.3. The second-order valence-corrected chi connectivity index (χ2v) is 8.69. The minimum Gasteiger partial charge on any atom is -0.391 e. The van der Waals surface area contributed by atoms with Crippen molar-refractivity contribution in [3.63, 3.8) is 0 Å². The molecule has 4 aromatic rings. The summed E-state index contributed by atoms with van der Waals surface area (Å²) in [4.78, 5) is 42.6. The third-order valence-electron chi connectivity index (χ3n) is 6.36. The van der Waals surface area contributed by atoms with Gasteiger partial charge in [-0.05, 0) is 32.7 Å². The van der Waals surface area contributed by atoms with Crippen LogP contribution in [0.15, 0.2) is 33.9 Å². The van der Waals surface area contributed by atoms with E-state index in [9.17, 15) is 14.7 Å². The molecule has 1 fully saturated rings. The van der Waals surface area contributed by atoms with Gasteiger partial charge in [-0.2, -0.15) is 4.98 Å². The summed E-state index contributed by atoms with van der Waals surface area (Å²) in [7, 11) is 1.52. The Balaban J connectivity index is 1.68. The fraction of sp³-hybridized carbons (Fsp3) is 0.400. The van der Waals surface area contributed by atoms with Gasteiger partial charge in [-0.3, -0.25) is 18.5 Å². The molecule has 3 aromatic heterocycles. The number of benzene rings is 1. The predicted molar refractivity (Wildman–Crippen MR) is 134 cm³/mol. The molecule has 0 aliphatic carbocycles. The van der Waals surface area contributed by atoms with Crippen LogP contribution in [0.25, 0.3) is 22.1 Å². The summed E-state index contributed by atoms with van der Waals surface area (Å²) < 4.78 is 26.1. The molecule has 0 spiro atoms. The van der Waals surface area contributed by atoms with E-state index in [0.717, 1.165) is 15.6 Å². The lowest BCUT2D eigenvalue weighted by Gasteiger charge is -2.31. The SMILES string of the molecule is [2H]C([2H])([2H])C#CCn1c(N2CCC[C@@H](O)C2)nc2c1c(=O)n(Cc1nc(C)c3ccccc3n1)c(=O)n2C. The van der Waals surface area contributed by atoms with E-state index >= 15 is 0 Å². The summed E-state index contributed by atoms with van der Waals surface area (Å²) in [6, 6.07) is 7.49. The van der Waals surface area contributed by atoms with Gasteiger partial charge in [0.25, 0.3) is 5.56 Å². The van der Waals surface area contributed by atoms with Crippen molar-refractivity contribution < 1.29 is 9.22 Å². The van der Waals surface area contributed by atoms with Crippen LogP contribution in [-0.2, 0) is 20.1 Å². The molecule has 5 rings (SSSR count). The Kier molecular flexibility index (Phi) is 4.97. The molecule has 0 unspecified atom stereocenters. The fourth-order valence-electron chi connectivity index (χ4n) is 4.65. The summed E-state index contributed by atoms with van der Waals surface area (Å²) >= 11 is 0. The highest BCUT2D eigenvalue weighted by Crippen LogP contribution is 2.23. The minimum atomic E-state index is -2.46. The highest BCUT2D eigenvalue weighted by molar-refractivity contribution is 5.80. The molecule has 1 saturated heterocycles. The van der Waals surface area contributed by atoms with Crippen LogP contribution in [0.1, 0.15) is 35.3 Å². The Morgan fingerprint density at radius 1 is 1.20 bits per heavy atom. The van der Waals surface area contributed by atoms with Crippen molar-refractivity contribution in [1.29, 1.82) is 0 Å². The molecule has 1 aliphatic rings. The molecule has 0 bridgehead atoms. The maximum Gasteiger partial charge on any atom is 0.332 e. The molecular weight excluding hydrogens is 446 g/mol. The van der Waals surface area contributed by atoms with Gasteiger partial charge in [-0.25, -0.2) is 14.8 Å². The molecule has 35 heavy (non-hydrogen) atoms. The number of imidazole rings is 1. The zero-order valence-electron chi connectivity index (χ0n) is 22.5. The number of aliphatic hydroxyl groups excluding tert-OH is 1. The molecule has 1 atom stereocenters. The van der Waals surface area contributed by atoms with Crippen molar-refractivity contribution in [2.75, 3.05) is 18.0 Å². The minimum absolute atomic E-state index is 0.111. The molecular formula is C25H27N7O3. The van der Waals surface area contributed by atoms with Crippen LogP contribution in [0.2, 0.25) is 0 Å². The van der Waals surface area contributed by atoms with Crippen molar-refractivity contribution in [3.8, 4) is 11.8 Å². The molecule has 4 heterocycles. The van der Waals surface area contributed by atoms with Gasteiger partial charge in [0.1, 0.15) is 5.82 Å². The lowest BCUT2D eigenvalue weighted by molar-refractivity contribution is 0.153. The Hall–Kier alpha value is -3.97. The lowest BCUT2D eigenvalue weighted by atomic mass is 10.1. The quantitative estimate of drug-likeness (QED) is 0.440. The second kappa shape index (κ2) is 9.00. The average molecular weight is 477 g/mol. The van der Waals surface area contributed by atoms with Gasteiger partial charge in [0.2, 0.25) is 5.95 Å². The number of β-amino-alcohol motifs (C(OH)–C–C–N with tert-alkyl or cyclic N) is 1. The van der Waals surface area contributed by atoms with Crippen LogP contribution in [0, 0.1) is 18.8 Å². The summed E-state index contributed by atoms with van der Waals surface area (Å²) in [5.74, 6) is 5.51. The third kappa shape index (κ3) is 3.98. The molecule has 1 N–H and O–H groups in total. The van der Waals surface area contributed by atoms with Crippen LogP contribution in [0.4, 0.5) is 5.95 Å². The van der Waals surface area contributed by atoms with Gasteiger partial charge in [-0.15, -0.1) is 5.92 Å². The Morgan fingerprint density at radius 3 is 2.83 bits per heavy atom. The summed E-state index contributed by atoms with van der Waals surface area (Å²) in [6.45, 7) is -0.0273. The zero-order chi connectivity index (χ0) is 27.2. The number of piperidine rings is 1. The normalized spacial score (nSPS) is 17.6. The molecule has 1 aromatic carbocycles. The van der Waals surface area contributed by atoms with E-state index in [4.69, 9.17) is 4.11 Å². The Labute approximate surface area is 205 Å². The zero-order valence-corrected chi connectivity index (χ0v) is 19.5. The first-order valence-electron chi connectivity index (χ1n) is 12.9.